The molecule has 0 heterocycles. The van der Waals surface area contributed by atoms with Crippen molar-refractivity contribution in [2.75, 3.05) is 0 Å². The van der Waals surface area contributed by atoms with Crippen LogP contribution < -0.4 is 5.43 Å². The molecule has 0 bridgehead atoms. The molecule has 1 amide bonds. The number of aryl methyl sites for hydroxylation is 2. The summed E-state index contributed by atoms with van der Waals surface area (Å²) in [7, 11) is 0. The number of halogens is 1. The third-order valence-electron chi connectivity index (χ3n) is 2.91. The smallest absolute Gasteiger partial charge is 0.267 e. The van der Waals surface area contributed by atoms with Crippen LogP contribution in [0.15, 0.2) is 47.6 Å². The standard InChI is InChI=1S/C16H15ClN2O/c1-11-3-4-12(2)14(9-11)10-18-19-16(20)13-5-7-15(17)8-6-13/h3-10H,1-2H3,(H,19,20)/b18-10+. The number of hydrogen-bond donors (Lipinski definition) is 1. The molecule has 0 unspecified atom stereocenters. The molecule has 0 fully saturated rings. The third kappa shape index (κ3) is 3.68. The zero-order valence-corrected chi connectivity index (χ0v) is 12.1. The van der Waals surface area contributed by atoms with E-state index in [1.54, 1.807) is 30.5 Å². The van der Waals surface area contributed by atoms with Gasteiger partial charge in [-0.15, -0.1) is 0 Å². The van der Waals surface area contributed by atoms with E-state index in [1.165, 1.54) is 0 Å². The summed E-state index contributed by atoms with van der Waals surface area (Å²) in [5, 5.41) is 4.58. The van der Waals surface area contributed by atoms with Gasteiger partial charge in [0.05, 0.1) is 6.21 Å². The highest BCUT2D eigenvalue weighted by Crippen LogP contribution is 2.10. The van der Waals surface area contributed by atoms with Crippen molar-refractivity contribution >= 4 is 23.7 Å². The molecule has 2 rings (SSSR count). The number of hydrazone groups is 1. The van der Waals surface area contributed by atoms with Gasteiger partial charge in [-0.25, -0.2) is 5.43 Å². The summed E-state index contributed by atoms with van der Waals surface area (Å²) in [4.78, 5) is 11.8. The first-order valence-electron chi connectivity index (χ1n) is 6.22. The van der Waals surface area contributed by atoms with E-state index in [1.807, 2.05) is 32.0 Å². The fraction of sp³-hybridized carbons (Fsp3) is 0.125. The second kappa shape index (κ2) is 6.35. The lowest BCUT2D eigenvalue weighted by molar-refractivity contribution is 0.0955. The molecular weight excluding hydrogens is 272 g/mol. The van der Waals surface area contributed by atoms with Crippen molar-refractivity contribution in [2.45, 2.75) is 13.8 Å². The Labute approximate surface area is 123 Å². The molecule has 1 N–H and O–H groups in total. The quantitative estimate of drug-likeness (QED) is 0.678. The van der Waals surface area contributed by atoms with E-state index in [9.17, 15) is 4.79 Å². The van der Waals surface area contributed by atoms with Crippen LogP contribution in [0.1, 0.15) is 27.0 Å². The van der Waals surface area contributed by atoms with Crippen LogP contribution in [-0.4, -0.2) is 12.1 Å². The average Bonchev–Trinajstić information content (AvgIpc) is 2.43. The minimum absolute atomic E-state index is 0.261. The Morgan fingerprint density at radius 3 is 2.55 bits per heavy atom. The van der Waals surface area contributed by atoms with Crippen LogP contribution in [-0.2, 0) is 0 Å². The SMILES string of the molecule is Cc1ccc(C)c(/C=N/NC(=O)c2ccc(Cl)cc2)c1. The van der Waals surface area contributed by atoms with Crippen molar-refractivity contribution in [3.05, 3.63) is 69.7 Å². The molecule has 0 saturated carbocycles. The van der Waals surface area contributed by atoms with E-state index in [-0.39, 0.29) is 5.91 Å². The molecule has 0 radical (unpaired) electrons. The number of hydrogen-bond acceptors (Lipinski definition) is 2. The summed E-state index contributed by atoms with van der Waals surface area (Å²) < 4.78 is 0. The number of benzene rings is 2. The molecule has 20 heavy (non-hydrogen) atoms. The summed E-state index contributed by atoms with van der Waals surface area (Å²) in [6, 6.07) is 12.7. The van der Waals surface area contributed by atoms with Crippen LogP contribution in [0.2, 0.25) is 5.02 Å². The number of rotatable bonds is 3. The maximum atomic E-state index is 11.8. The normalized spacial score (nSPS) is 10.8. The fourth-order valence-corrected chi connectivity index (χ4v) is 1.85. The maximum absolute atomic E-state index is 11.8. The lowest BCUT2D eigenvalue weighted by atomic mass is 10.1. The lowest BCUT2D eigenvalue weighted by Crippen LogP contribution is -2.17. The van der Waals surface area contributed by atoms with Gasteiger partial charge in [0.1, 0.15) is 0 Å². The van der Waals surface area contributed by atoms with Gasteiger partial charge in [-0.05, 0) is 49.2 Å². The molecule has 2 aromatic carbocycles. The predicted molar refractivity (Wildman–Crippen MR) is 82.4 cm³/mol. The third-order valence-corrected chi connectivity index (χ3v) is 3.16. The minimum atomic E-state index is -0.261. The molecule has 0 aliphatic carbocycles. The summed E-state index contributed by atoms with van der Waals surface area (Å²) in [5.74, 6) is -0.261. The van der Waals surface area contributed by atoms with Gasteiger partial charge < -0.3 is 0 Å². The monoisotopic (exact) mass is 286 g/mol. The molecule has 0 spiro atoms. The van der Waals surface area contributed by atoms with Crippen LogP contribution >= 0.6 is 11.6 Å². The number of amides is 1. The van der Waals surface area contributed by atoms with Gasteiger partial charge in [0, 0.05) is 10.6 Å². The first-order chi connectivity index (χ1) is 9.56. The predicted octanol–water partition coefficient (Wildman–Crippen LogP) is 3.72. The highest BCUT2D eigenvalue weighted by molar-refractivity contribution is 6.30. The molecule has 0 aliphatic rings. The van der Waals surface area contributed by atoms with Crippen LogP contribution in [0, 0.1) is 13.8 Å². The van der Waals surface area contributed by atoms with Gasteiger partial charge in [-0.2, -0.15) is 5.10 Å². The Bertz CT molecular complexity index is 648. The lowest BCUT2D eigenvalue weighted by Gasteiger charge is -2.02. The number of carbonyl (C=O) groups is 1. The van der Waals surface area contributed by atoms with Gasteiger partial charge >= 0.3 is 0 Å². The Balaban J connectivity index is 2.04. The Kier molecular flexibility index (Phi) is 4.53. The van der Waals surface area contributed by atoms with Crippen LogP contribution in [0.5, 0.6) is 0 Å². The topological polar surface area (TPSA) is 41.5 Å². The van der Waals surface area contributed by atoms with E-state index in [2.05, 4.69) is 10.5 Å². The molecule has 0 aromatic heterocycles. The van der Waals surface area contributed by atoms with Gasteiger partial charge in [0.2, 0.25) is 0 Å². The number of carbonyl (C=O) groups excluding carboxylic acids is 1. The van der Waals surface area contributed by atoms with Crippen LogP contribution in [0.3, 0.4) is 0 Å². The van der Waals surface area contributed by atoms with Crippen molar-refractivity contribution in [3.8, 4) is 0 Å². The molecule has 0 atom stereocenters. The van der Waals surface area contributed by atoms with Crippen molar-refractivity contribution < 1.29 is 4.79 Å². The Morgan fingerprint density at radius 1 is 1.15 bits per heavy atom. The first-order valence-corrected chi connectivity index (χ1v) is 6.60. The fourth-order valence-electron chi connectivity index (χ4n) is 1.73. The second-order valence-corrected chi connectivity index (χ2v) is 5.00. The number of nitrogens with one attached hydrogen (secondary N) is 1. The van der Waals surface area contributed by atoms with E-state index >= 15 is 0 Å². The van der Waals surface area contributed by atoms with E-state index < -0.39 is 0 Å². The molecule has 102 valence electrons. The van der Waals surface area contributed by atoms with Crippen molar-refractivity contribution in [1.29, 1.82) is 0 Å². The molecule has 0 aliphatic heterocycles. The highest BCUT2D eigenvalue weighted by atomic mass is 35.5. The zero-order chi connectivity index (χ0) is 14.5. The van der Waals surface area contributed by atoms with Crippen molar-refractivity contribution in [2.24, 2.45) is 5.10 Å². The second-order valence-electron chi connectivity index (χ2n) is 4.57. The summed E-state index contributed by atoms with van der Waals surface area (Å²) in [5.41, 5.74) is 6.27. The van der Waals surface area contributed by atoms with Crippen LogP contribution in [0.25, 0.3) is 0 Å². The molecule has 4 heteroatoms. The molecule has 3 nitrogen and oxygen atoms in total. The van der Waals surface area contributed by atoms with E-state index in [0.29, 0.717) is 10.6 Å². The average molecular weight is 287 g/mol. The van der Waals surface area contributed by atoms with Gasteiger partial charge in [-0.1, -0.05) is 35.4 Å². The minimum Gasteiger partial charge on any atom is -0.267 e. The summed E-state index contributed by atoms with van der Waals surface area (Å²) in [6.45, 7) is 4.02. The summed E-state index contributed by atoms with van der Waals surface area (Å²) in [6.07, 6.45) is 1.65. The summed E-state index contributed by atoms with van der Waals surface area (Å²) >= 11 is 5.77. The Morgan fingerprint density at radius 2 is 1.85 bits per heavy atom. The maximum Gasteiger partial charge on any atom is 0.271 e. The largest absolute Gasteiger partial charge is 0.271 e. The van der Waals surface area contributed by atoms with Crippen molar-refractivity contribution in [1.82, 2.24) is 5.43 Å². The van der Waals surface area contributed by atoms with Gasteiger partial charge in [0.15, 0.2) is 0 Å². The molecule has 0 saturated heterocycles. The van der Waals surface area contributed by atoms with Crippen molar-refractivity contribution in [3.63, 3.8) is 0 Å². The Hall–Kier alpha value is -2.13. The van der Waals surface area contributed by atoms with E-state index in [4.69, 9.17) is 11.6 Å². The van der Waals surface area contributed by atoms with Gasteiger partial charge in [0.25, 0.3) is 5.91 Å². The zero-order valence-electron chi connectivity index (χ0n) is 11.4. The van der Waals surface area contributed by atoms with Crippen LogP contribution in [0.4, 0.5) is 0 Å². The number of nitrogens with zero attached hydrogens (tertiary/aromatic N) is 1. The molecule has 2 aromatic rings. The highest BCUT2D eigenvalue weighted by Gasteiger charge is 2.03. The first kappa shape index (κ1) is 14.3. The van der Waals surface area contributed by atoms with Gasteiger partial charge in [-0.3, -0.25) is 4.79 Å². The van der Waals surface area contributed by atoms with E-state index in [0.717, 1.165) is 16.7 Å². The molecular formula is C16H15ClN2O.